The van der Waals surface area contributed by atoms with Gasteiger partial charge >= 0.3 is 0 Å². The van der Waals surface area contributed by atoms with E-state index in [1.807, 2.05) is 6.92 Å². The molecule has 3 nitrogen and oxygen atoms in total. The normalized spacial score (nSPS) is 23.3. The predicted molar refractivity (Wildman–Crippen MR) is 73.2 cm³/mol. The zero-order valence-corrected chi connectivity index (χ0v) is 11.5. The Kier molecular flexibility index (Phi) is 3.46. The zero-order valence-electron chi connectivity index (χ0n) is 10.8. The number of hydrogen-bond acceptors (Lipinski definition) is 2. The summed E-state index contributed by atoms with van der Waals surface area (Å²) >= 11 is 5.85. The maximum atomic E-state index is 13.5. The molecule has 1 fully saturated rings. The van der Waals surface area contributed by atoms with E-state index in [1.54, 1.807) is 12.1 Å². The summed E-state index contributed by atoms with van der Waals surface area (Å²) in [5.41, 5.74) is 1.66. The quantitative estimate of drug-likeness (QED) is 0.808. The number of imidazole rings is 1. The zero-order chi connectivity index (χ0) is 13.4. The largest absolute Gasteiger partial charge is 0.376 e. The van der Waals surface area contributed by atoms with Crippen molar-refractivity contribution in [2.45, 2.75) is 31.9 Å². The van der Waals surface area contributed by atoms with Crippen molar-refractivity contribution in [3.8, 4) is 0 Å². The van der Waals surface area contributed by atoms with Gasteiger partial charge in [-0.05, 0) is 31.5 Å². The van der Waals surface area contributed by atoms with Crippen molar-refractivity contribution in [1.82, 2.24) is 9.55 Å². The Hall–Kier alpha value is -1.13. The number of fused-ring (bicyclic) bond motifs is 1. The molecular weight excluding hydrogens is 267 g/mol. The fraction of sp³-hybridized carbons (Fsp3) is 0.500. The monoisotopic (exact) mass is 282 g/mol. The molecule has 2 aromatic rings. The molecule has 0 spiro atoms. The molecule has 0 saturated carbocycles. The van der Waals surface area contributed by atoms with Gasteiger partial charge in [-0.1, -0.05) is 0 Å². The Morgan fingerprint density at radius 2 is 2.37 bits per heavy atom. The Balaban J connectivity index is 2.17. The lowest BCUT2D eigenvalue weighted by Crippen LogP contribution is -2.19. The molecule has 102 valence electrons. The van der Waals surface area contributed by atoms with E-state index in [4.69, 9.17) is 16.3 Å². The van der Waals surface area contributed by atoms with Gasteiger partial charge in [0.2, 0.25) is 0 Å². The average molecular weight is 283 g/mol. The smallest absolute Gasteiger partial charge is 0.125 e. The topological polar surface area (TPSA) is 27.1 Å². The highest BCUT2D eigenvalue weighted by atomic mass is 35.5. The number of benzene rings is 1. The highest BCUT2D eigenvalue weighted by Gasteiger charge is 2.29. The third kappa shape index (κ3) is 2.23. The van der Waals surface area contributed by atoms with Gasteiger partial charge < -0.3 is 9.30 Å². The van der Waals surface area contributed by atoms with Crippen LogP contribution in [0, 0.1) is 5.82 Å². The van der Waals surface area contributed by atoms with Gasteiger partial charge in [0, 0.05) is 18.9 Å². The molecular formula is C14H16ClFN2O. The van der Waals surface area contributed by atoms with Crippen LogP contribution in [0.1, 0.15) is 25.2 Å². The molecule has 1 saturated heterocycles. The van der Waals surface area contributed by atoms with Crippen LogP contribution in [0.5, 0.6) is 0 Å². The average Bonchev–Trinajstić information content (AvgIpc) is 2.93. The second-order valence-electron chi connectivity index (χ2n) is 4.90. The molecule has 0 aliphatic carbocycles. The molecule has 1 aliphatic rings. The molecule has 0 bridgehead atoms. The molecule has 3 rings (SSSR count). The molecule has 1 aromatic heterocycles. The summed E-state index contributed by atoms with van der Waals surface area (Å²) in [5.74, 6) is 1.18. The third-order valence-electron chi connectivity index (χ3n) is 3.71. The first-order valence-corrected chi connectivity index (χ1v) is 7.08. The Morgan fingerprint density at radius 3 is 3.05 bits per heavy atom. The van der Waals surface area contributed by atoms with E-state index in [1.165, 1.54) is 6.07 Å². The number of rotatable bonds is 3. The lowest BCUT2D eigenvalue weighted by molar-refractivity contribution is 0.108. The number of aryl methyl sites for hydroxylation is 1. The second-order valence-corrected chi connectivity index (χ2v) is 5.28. The van der Waals surface area contributed by atoms with Crippen LogP contribution in [-0.2, 0) is 11.2 Å². The fourth-order valence-electron chi connectivity index (χ4n) is 2.81. The van der Waals surface area contributed by atoms with Crippen molar-refractivity contribution in [3.05, 3.63) is 29.8 Å². The van der Waals surface area contributed by atoms with Gasteiger partial charge in [-0.15, -0.1) is 11.6 Å². The fourth-order valence-corrected chi connectivity index (χ4v) is 2.98. The van der Waals surface area contributed by atoms with Crippen molar-refractivity contribution < 1.29 is 9.13 Å². The van der Waals surface area contributed by atoms with Gasteiger partial charge in [-0.3, -0.25) is 0 Å². The van der Waals surface area contributed by atoms with Gasteiger partial charge in [0.1, 0.15) is 11.6 Å². The van der Waals surface area contributed by atoms with Crippen molar-refractivity contribution in [1.29, 1.82) is 0 Å². The number of halogens is 2. The molecule has 1 aliphatic heterocycles. The highest BCUT2D eigenvalue weighted by molar-refractivity contribution is 6.17. The summed E-state index contributed by atoms with van der Waals surface area (Å²) in [5, 5.41) is 0. The van der Waals surface area contributed by atoms with E-state index in [0.29, 0.717) is 12.3 Å². The molecule has 2 unspecified atom stereocenters. The van der Waals surface area contributed by atoms with Crippen LogP contribution in [0.3, 0.4) is 0 Å². The predicted octanol–water partition coefficient (Wildman–Crippen LogP) is 3.31. The van der Waals surface area contributed by atoms with Crippen LogP contribution in [0.15, 0.2) is 18.2 Å². The van der Waals surface area contributed by atoms with E-state index in [2.05, 4.69) is 9.55 Å². The van der Waals surface area contributed by atoms with Crippen molar-refractivity contribution >= 4 is 22.6 Å². The van der Waals surface area contributed by atoms with Gasteiger partial charge in [0.15, 0.2) is 0 Å². The van der Waals surface area contributed by atoms with E-state index >= 15 is 0 Å². The van der Waals surface area contributed by atoms with Crippen LogP contribution in [-0.4, -0.2) is 28.1 Å². The molecule has 1 aromatic carbocycles. The van der Waals surface area contributed by atoms with Crippen molar-refractivity contribution in [2.75, 3.05) is 12.5 Å². The summed E-state index contributed by atoms with van der Waals surface area (Å²) in [4.78, 5) is 4.58. The number of nitrogens with zero attached hydrogens (tertiary/aromatic N) is 2. The Morgan fingerprint density at radius 1 is 1.53 bits per heavy atom. The van der Waals surface area contributed by atoms with E-state index in [-0.39, 0.29) is 18.0 Å². The second kappa shape index (κ2) is 5.10. The first kappa shape index (κ1) is 12.9. The summed E-state index contributed by atoms with van der Waals surface area (Å²) in [7, 11) is 0. The molecule has 0 N–H and O–H groups in total. The van der Waals surface area contributed by atoms with Gasteiger partial charge in [-0.25, -0.2) is 9.37 Å². The number of ether oxygens (including phenoxy) is 1. The maximum absolute atomic E-state index is 13.5. The SMILES string of the molecule is CC1OCCC1n1c(CCCl)nc2ccc(F)cc21. The molecule has 2 heterocycles. The third-order valence-corrected chi connectivity index (χ3v) is 3.90. The van der Waals surface area contributed by atoms with Crippen molar-refractivity contribution in [2.24, 2.45) is 0 Å². The first-order valence-electron chi connectivity index (χ1n) is 6.54. The van der Waals surface area contributed by atoms with E-state index in [9.17, 15) is 4.39 Å². The lowest BCUT2D eigenvalue weighted by atomic mass is 10.1. The summed E-state index contributed by atoms with van der Waals surface area (Å²) in [6.45, 7) is 2.79. The molecule has 2 atom stereocenters. The molecule has 0 radical (unpaired) electrons. The van der Waals surface area contributed by atoms with E-state index < -0.39 is 0 Å². The lowest BCUT2D eigenvalue weighted by Gasteiger charge is -2.19. The highest BCUT2D eigenvalue weighted by Crippen LogP contribution is 2.31. The minimum absolute atomic E-state index is 0.120. The number of aromatic nitrogens is 2. The van der Waals surface area contributed by atoms with Gasteiger partial charge in [-0.2, -0.15) is 0 Å². The number of alkyl halides is 1. The summed E-state index contributed by atoms with van der Waals surface area (Å²) in [6.07, 6.45) is 1.73. The first-order chi connectivity index (χ1) is 9.20. The summed E-state index contributed by atoms with van der Waals surface area (Å²) in [6, 6.07) is 4.92. The Bertz CT molecular complexity index is 598. The Labute approximate surface area is 116 Å². The minimum Gasteiger partial charge on any atom is -0.376 e. The van der Waals surface area contributed by atoms with Crippen LogP contribution in [0.25, 0.3) is 11.0 Å². The van der Waals surface area contributed by atoms with Gasteiger partial charge in [0.25, 0.3) is 0 Å². The van der Waals surface area contributed by atoms with Crippen LogP contribution in [0.4, 0.5) is 4.39 Å². The molecule has 0 amide bonds. The van der Waals surface area contributed by atoms with Crippen molar-refractivity contribution in [3.63, 3.8) is 0 Å². The maximum Gasteiger partial charge on any atom is 0.125 e. The van der Waals surface area contributed by atoms with Gasteiger partial charge in [0.05, 0.1) is 23.2 Å². The number of hydrogen-bond donors (Lipinski definition) is 0. The standard InChI is InChI=1S/C14H16ClFN2O/c1-9-12(5-7-19-9)18-13-8-10(16)2-3-11(13)17-14(18)4-6-15/h2-3,8-9,12H,4-7H2,1H3. The van der Waals surface area contributed by atoms with Crippen LogP contribution in [0.2, 0.25) is 0 Å². The van der Waals surface area contributed by atoms with E-state index in [0.717, 1.165) is 29.9 Å². The molecule has 19 heavy (non-hydrogen) atoms. The van der Waals surface area contributed by atoms with Crippen LogP contribution < -0.4 is 0 Å². The van der Waals surface area contributed by atoms with Crippen LogP contribution >= 0.6 is 11.6 Å². The molecule has 5 heteroatoms. The summed E-state index contributed by atoms with van der Waals surface area (Å²) < 4.78 is 21.2. The minimum atomic E-state index is -0.238.